The second-order valence-corrected chi connectivity index (χ2v) is 5.78. The summed E-state index contributed by atoms with van der Waals surface area (Å²) in [4.78, 5) is 12.0. The molecule has 4 nitrogen and oxygen atoms in total. The van der Waals surface area contributed by atoms with Gasteiger partial charge >= 0.3 is 0 Å². The topological polar surface area (TPSA) is 64.3 Å². The van der Waals surface area contributed by atoms with E-state index in [1.54, 1.807) is 12.1 Å². The largest absolute Gasteiger partial charge is 0.491 e. The Morgan fingerprint density at radius 2 is 2.05 bits per heavy atom. The zero-order chi connectivity index (χ0) is 14.4. The van der Waals surface area contributed by atoms with Crippen molar-refractivity contribution in [2.75, 3.05) is 6.54 Å². The standard InChI is InChI=1S/C14H21BrN2O2/c1-9(2)19-13-7-11(6-12(15)8-13)14(18)17-5-4-10(3)16/h6-10H,4-5,16H2,1-3H3,(H,17,18). The van der Waals surface area contributed by atoms with Gasteiger partial charge in [0.1, 0.15) is 5.75 Å². The van der Waals surface area contributed by atoms with Gasteiger partial charge in [0, 0.05) is 22.6 Å². The summed E-state index contributed by atoms with van der Waals surface area (Å²) in [6, 6.07) is 5.45. The summed E-state index contributed by atoms with van der Waals surface area (Å²) in [5.41, 5.74) is 6.22. The molecule has 1 aromatic carbocycles. The Morgan fingerprint density at radius 1 is 1.37 bits per heavy atom. The summed E-state index contributed by atoms with van der Waals surface area (Å²) in [7, 11) is 0. The van der Waals surface area contributed by atoms with Crippen molar-refractivity contribution in [3.05, 3.63) is 28.2 Å². The van der Waals surface area contributed by atoms with E-state index < -0.39 is 0 Å². The summed E-state index contributed by atoms with van der Waals surface area (Å²) in [5.74, 6) is 0.567. The molecule has 1 rings (SSSR count). The van der Waals surface area contributed by atoms with Gasteiger partial charge in [0.15, 0.2) is 0 Å². The number of nitrogens with two attached hydrogens (primary N) is 1. The second kappa shape index (κ2) is 7.50. The number of carbonyl (C=O) groups is 1. The number of rotatable bonds is 6. The van der Waals surface area contributed by atoms with Gasteiger partial charge in [-0.1, -0.05) is 15.9 Å². The molecule has 0 bridgehead atoms. The molecule has 0 aliphatic heterocycles. The highest BCUT2D eigenvalue weighted by Crippen LogP contribution is 2.22. The van der Waals surface area contributed by atoms with Crippen LogP contribution in [0.4, 0.5) is 0 Å². The molecule has 19 heavy (non-hydrogen) atoms. The third-order valence-electron chi connectivity index (χ3n) is 2.39. The summed E-state index contributed by atoms with van der Waals surface area (Å²) in [6.07, 6.45) is 0.832. The van der Waals surface area contributed by atoms with Crippen LogP contribution < -0.4 is 15.8 Å². The summed E-state index contributed by atoms with van der Waals surface area (Å²) in [5, 5.41) is 2.84. The SMILES string of the molecule is CC(N)CCNC(=O)c1cc(Br)cc(OC(C)C)c1. The first-order valence-electron chi connectivity index (χ1n) is 6.39. The van der Waals surface area contributed by atoms with Crippen molar-refractivity contribution in [3.63, 3.8) is 0 Å². The van der Waals surface area contributed by atoms with Gasteiger partial charge in [-0.3, -0.25) is 4.79 Å². The van der Waals surface area contributed by atoms with Gasteiger partial charge in [-0.25, -0.2) is 0 Å². The third kappa shape index (κ3) is 6.07. The molecule has 0 saturated carbocycles. The average Bonchev–Trinajstić information content (AvgIpc) is 2.26. The van der Waals surface area contributed by atoms with E-state index >= 15 is 0 Å². The number of benzene rings is 1. The molecular weight excluding hydrogens is 308 g/mol. The van der Waals surface area contributed by atoms with E-state index in [0.717, 1.165) is 10.9 Å². The van der Waals surface area contributed by atoms with Gasteiger partial charge in [-0.05, 0) is 45.4 Å². The smallest absolute Gasteiger partial charge is 0.251 e. The molecule has 0 heterocycles. The highest BCUT2D eigenvalue weighted by molar-refractivity contribution is 9.10. The minimum atomic E-state index is -0.115. The Balaban J connectivity index is 2.71. The Labute approximate surface area is 122 Å². The molecule has 3 N–H and O–H groups in total. The average molecular weight is 329 g/mol. The second-order valence-electron chi connectivity index (χ2n) is 4.86. The third-order valence-corrected chi connectivity index (χ3v) is 2.85. The summed E-state index contributed by atoms with van der Waals surface area (Å²) in [6.45, 7) is 6.38. The molecule has 0 fully saturated rings. The maximum Gasteiger partial charge on any atom is 0.251 e. The van der Waals surface area contributed by atoms with Crippen LogP contribution in [-0.2, 0) is 0 Å². The Bertz CT molecular complexity index is 433. The van der Waals surface area contributed by atoms with Gasteiger partial charge in [0.05, 0.1) is 6.10 Å². The van der Waals surface area contributed by atoms with Crippen molar-refractivity contribution >= 4 is 21.8 Å². The predicted octanol–water partition coefficient (Wildman–Crippen LogP) is 2.70. The highest BCUT2D eigenvalue weighted by Gasteiger charge is 2.09. The Hall–Kier alpha value is -1.07. The fourth-order valence-electron chi connectivity index (χ4n) is 1.55. The lowest BCUT2D eigenvalue weighted by atomic mass is 10.2. The molecule has 1 atom stereocenters. The van der Waals surface area contributed by atoms with E-state index in [1.165, 1.54) is 0 Å². The number of nitrogens with one attached hydrogen (secondary N) is 1. The van der Waals surface area contributed by atoms with Gasteiger partial charge in [-0.2, -0.15) is 0 Å². The minimum Gasteiger partial charge on any atom is -0.491 e. The van der Waals surface area contributed by atoms with Crippen LogP contribution in [0.1, 0.15) is 37.6 Å². The molecule has 0 aromatic heterocycles. The molecule has 0 radical (unpaired) electrons. The summed E-state index contributed by atoms with van der Waals surface area (Å²) >= 11 is 3.38. The zero-order valence-electron chi connectivity index (χ0n) is 11.6. The maximum atomic E-state index is 12.0. The zero-order valence-corrected chi connectivity index (χ0v) is 13.2. The van der Waals surface area contributed by atoms with Gasteiger partial charge in [0.2, 0.25) is 0 Å². The number of hydrogen-bond donors (Lipinski definition) is 2. The first kappa shape index (κ1) is 16.0. The van der Waals surface area contributed by atoms with Crippen LogP contribution in [-0.4, -0.2) is 24.6 Å². The lowest BCUT2D eigenvalue weighted by Gasteiger charge is -2.12. The molecule has 1 unspecified atom stereocenters. The Kier molecular flexibility index (Phi) is 6.31. The highest BCUT2D eigenvalue weighted by atomic mass is 79.9. The number of carbonyl (C=O) groups excluding carboxylic acids is 1. The van der Waals surface area contributed by atoms with E-state index in [-0.39, 0.29) is 18.1 Å². The van der Waals surface area contributed by atoms with Crippen molar-refractivity contribution in [2.24, 2.45) is 5.73 Å². The van der Waals surface area contributed by atoms with Crippen molar-refractivity contribution in [3.8, 4) is 5.75 Å². The van der Waals surface area contributed by atoms with E-state index in [9.17, 15) is 4.79 Å². The molecule has 5 heteroatoms. The van der Waals surface area contributed by atoms with E-state index in [0.29, 0.717) is 17.9 Å². The molecule has 106 valence electrons. The van der Waals surface area contributed by atoms with E-state index in [4.69, 9.17) is 10.5 Å². The molecule has 1 aromatic rings. The van der Waals surface area contributed by atoms with E-state index in [2.05, 4.69) is 21.2 Å². The minimum absolute atomic E-state index is 0.0725. The lowest BCUT2D eigenvalue weighted by Crippen LogP contribution is -2.29. The Morgan fingerprint density at radius 3 is 2.63 bits per heavy atom. The quantitative estimate of drug-likeness (QED) is 0.843. The lowest BCUT2D eigenvalue weighted by molar-refractivity contribution is 0.0952. The van der Waals surface area contributed by atoms with Crippen molar-refractivity contribution in [1.82, 2.24) is 5.32 Å². The summed E-state index contributed by atoms with van der Waals surface area (Å²) < 4.78 is 6.42. The van der Waals surface area contributed by atoms with Crippen LogP contribution >= 0.6 is 15.9 Å². The predicted molar refractivity (Wildman–Crippen MR) is 80.5 cm³/mol. The van der Waals surface area contributed by atoms with Crippen LogP contribution in [0.25, 0.3) is 0 Å². The molecule has 1 amide bonds. The number of hydrogen-bond acceptors (Lipinski definition) is 3. The van der Waals surface area contributed by atoms with Crippen LogP contribution in [0, 0.1) is 0 Å². The first-order chi connectivity index (χ1) is 8.88. The van der Waals surface area contributed by atoms with Gasteiger partial charge < -0.3 is 15.8 Å². The number of ether oxygens (including phenoxy) is 1. The molecule has 0 spiro atoms. The normalized spacial score (nSPS) is 12.3. The molecule has 0 saturated heterocycles. The van der Waals surface area contributed by atoms with Crippen LogP contribution in [0.2, 0.25) is 0 Å². The first-order valence-corrected chi connectivity index (χ1v) is 7.19. The van der Waals surface area contributed by atoms with Crippen molar-refractivity contribution < 1.29 is 9.53 Å². The van der Waals surface area contributed by atoms with Crippen LogP contribution in [0.5, 0.6) is 5.75 Å². The van der Waals surface area contributed by atoms with Gasteiger partial charge in [-0.15, -0.1) is 0 Å². The molecular formula is C14H21BrN2O2. The monoisotopic (exact) mass is 328 g/mol. The fraction of sp³-hybridized carbons (Fsp3) is 0.500. The van der Waals surface area contributed by atoms with Crippen LogP contribution in [0.3, 0.4) is 0 Å². The number of halogens is 1. The van der Waals surface area contributed by atoms with E-state index in [1.807, 2.05) is 26.8 Å². The molecule has 0 aliphatic carbocycles. The van der Waals surface area contributed by atoms with Gasteiger partial charge in [0.25, 0.3) is 5.91 Å². The fourth-order valence-corrected chi connectivity index (χ4v) is 2.02. The number of amides is 1. The van der Waals surface area contributed by atoms with Crippen molar-refractivity contribution in [2.45, 2.75) is 39.3 Å². The molecule has 0 aliphatic rings. The van der Waals surface area contributed by atoms with Crippen molar-refractivity contribution in [1.29, 1.82) is 0 Å². The van der Waals surface area contributed by atoms with Crippen LogP contribution in [0.15, 0.2) is 22.7 Å². The maximum absolute atomic E-state index is 12.0.